The van der Waals surface area contributed by atoms with Crippen LogP contribution in [0.25, 0.3) is 0 Å². The predicted molar refractivity (Wildman–Crippen MR) is 82.2 cm³/mol. The Bertz CT molecular complexity index is 229. The summed E-state index contributed by atoms with van der Waals surface area (Å²) in [7, 11) is -0.0410. The first-order valence-corrected chi connectivity index (χ1v) is 9.63. The Morgan fingerprint density at radius 2 is 1.72 bits per heavy atom. The summed E-state index contributed by atoms with van der Waals surface area (Å²) in [5, 5.41) is 0. The summed E-state index contributed by atoms with van der Waals surface area (Å²) in [6, 6.07) is 0.977. The Labute approximate surface area is 116 Å². The van der Waals surface area contributed by atoms with Gasteiger partial charge in [0.05, 0.1) is 6.17 Å². The molecule has 2 nitrogen and oxygen atoms in total. The topological polar surface area (TPSA) is 6.48 Å². The number of nitrogens with zero attached hydrogens (tertiary/aromatic N) is 2. The van der Waals surface area contributed by atoms with Crippen molar-refractivity contribution in [1.82, 2.24) is 9.13 Å². The summed E-state index contributed by atoms with van der Waals surface area (Å²) < 4.78 is 5.83. The number of unbranched alkanes of at least 4 members (excludes halogenated alkanes) is 2. The molecule has 1 aliphatic carbocycles. The van der Waals surface area contributed by atoms with E-state index in [1.54, 1.807) is 0 Å². The second-order valence-electron chi connectivity index (χ2n) is 6.24. The van der Waals surface area contributed by atoms with Crippen molar-refractivity contribution < 1.29 is 0 Å². The van der Waals surface area contributed by atoms with Gasteiger partial charge in [-0.05, 0) is 32.2 Å². The van der Waals surface area contributed by atoms with E-state index in [-0.39, 0.29) is 9.84 Å². The van der Waals surface area contributed by atoms with E-state index in [4.69, 9.17) is 0 Å². The zero-order valence-electron chi connectivity index (χ0n) is 12.5. The number of hydrogen-bond donors (Lipinski definition) is 0. The minimum Gasteiger partial charge on any atom is -0.302 e. The van der Waals surface area contributed by atoms with Crippen LogP contribution in [0.2, 0.25) is 0 Å². The van der Waals surface area contributed by atoms with Crippen LogP contribution < -0.4 is 0 Å². The number of hydrogen-bond acceptors (Lipinski definition) is 2. The lowest BCUT2D eigenvalue weighted by molar-refractivity contribution is 0.0367. The average Bonchev–Trinajstić information content (AvgIpc) is 2.39. The molecule has 0 spiro atoms. The van der Waals surface area contributed by atoms with E-state index >= 15 is 0 Å². The monoisotopic (exact) mass is 268 g/mol. The lowest BCUT2D eigenvalue weighted by atomic mass is 9.95. The first-order chi connectivity index (χ1) is 8.86. The summed E-state index contributed by atoms with van der Waals surface area (Å²) in [5.41, 5.74) is 0. The molecule has 0 amide bonds. The molecule has 2 fully saturated rings. The minimum absolute atomic E-state index is 0.0410. The molecular weight excluding hydrogens is 236 g/mol. The maximum absolute atomic E-state index is 2.96. The van der Waals surface area contributed by atoms with E-state index in [1.807, 2.05) is 0 Å². The fraction of sp³-hybridized carbons (Fsp3) is 1.00. The quantitative estimate of drug-likeness (QED) is 0.654. The zero-order valence-corrected chi connectivity index (χ0v) is 13.9. The van der Waals surface area contributed by atoms with E-state index in [2.05, 4.69) is 23.0 Å². The lowest BCUT2D eigenvalue weighted by Gasteiger charge is -2.55. The summed E-state index contributed by atoms with van der Waals surface area (Å²) in [6.45, 7) is 6.04. The van der Waals surface area contributed by atoms with Crippen LogP contribution in [0.3, 0.4) is 0 Å². The zero-order chi connectivity index (χ0) is 12.8. The molecule has 1 saturated carbocycles. The molecule has 3 heteroatoms. The van der Waals surface area contributed by atoms with Crippen molar-refractivity contribution in [2.24, 2.45) is 0 Å². The van der Waals surface area contributed by atoms with E-state index < -0.39 is 0 Å². The Morgan fingerprint density at radius 3 is 2.39 bits per heavy atom. The summed E-state index contributed by atoms with van der Waals surface area (Å²) in [5.74, 6) is 0. The lowest BCUT2D eigenvalue weighted by Crippen LogP contribution is -2.69. The molecule has 0 bridgehead atoms. The smallest absolute Gasteiger partial charge is 0.175 e. The highest BCUT2D eigenvalue weighted by molar-refractivity contribution is 6.32. The van der Waals surface area contributed by atoms with Gasteiger partial charge in [0, 0.05) is 6.04 Å². The Morgan fingerprint density at radius 1 is 1.00 bits per heavy atom. The van der Waals surface area contributed by atoms with Crippen LogP contribution in [0.15, 0.2) is 0 Å². The van der Waals surface area contributed by atoms with Crippen LogP contribution in [0, 0.1) is 0 Å². The molecule has 0 aromatic rings. The van der Waals surface area contributed by atoms with E-state index in [1.165, 1.54) is 70.8 Å². The van der Waals surface area contributed by atoms with Gasteiger partial charge in [0.1, 0.15) is 0 Å². The van der Waals surface area contributed by atoms with Crippen LogP contribution in [-0.2, 0) is 0 Å². The fourth-order valence-electron chi connectivity index (χ4n) is 3.60. The molecule has 1 aliphatic heterocycles. The third kappa shape index (κ3) is 3.58. The molecule has 1 atom stereocenters. The minimum atomic E-state index is -0.0410. The van der Waals surface area contributed by atoms with Gasteiger partial charge in [0.2, 0.25) is 0 Å². The first-order valence-electron chi connectivity index (χ1n) is 8.36. The molecule has 0 N–H and O–H groups in total. The molecule has 2 rings (SSSR count). The predicted octanol–water partition coefficient (Wildman–Crippen LogP) is 3.25. The van der Waals surface area contributed by atoms with Gasteiger partial charge >= 0.3 is 0 Å². The van der Waals surface area contributed by atoms with Gasteiger partial charge in [-0.2, -0.15) is 0 Å². The van der Waals surface area contributed by atoms with Crippen LogP contribution in [-0.4, -0.2) is 37.7 Å². The van der Waals surface area contributed by atoms with Gasteiger partial charge in [-0.15, -0.1) is 0 Å². The molecular formula is C15H32N2Si. The van der Waals surface area contributed by atoms with Crippen LogP contribution in [0.1, 0.15) is 78.1 Å². The van der Waals surface area contributed by atoms with Crippen molar-refractivity contribution >= 4 is 9.84 Å². The summed E-state index contributed by atoms with van der Waals surface area (Å²) >= 11 is 0. The third-order valence-corrected chi connectivity index (χ3v) is 7.17. The van der Waals surface area contributed by atoms with Gasteiger partial charge < -0.3 is 4.57 Å². The van der Waals surface area contributed by atoms with Gasteiger partial charge in [0.25, 0.3) is 0 Å². The molecule has 0 radical (unpaired) electrons. The Balaban J connectivity index is 1.81. The molecule has 0 aromatic heterocycles. The fourth-order valence-corrected chi connectivity index (χ4v) is 5.85. The maximum Gasteiger partial charge on any atom is 0.175 e. The van der Waals surface area contributed by atoms with Crippen molar-refractivity contribution in [1.29, 1.82) is 0 Å². The summed E-state index contributed by atoms with van der Waals surface area (Å²) in [6.07, 6.45) is 15.3. The highest BCUT2D eigenvalue weighted by atomic mass is 28.2. The van der Waals surface area contributed by atoms with Crippen LogP contribution in [0.5, 0.6) is 0 Å². The normalized spacial score (nSPS) is 28.7. The van der Waals surface area contributed by atoms with Crippen molar-refractivity contribution in [3.05, 3.63) is 0 Å². The molecule has 1 saturated heterocycles. The molecule has 0 aromatic carbocycles. The largest absolute Gasteiger partial charge is 0.302 e. The van der Waals surface area contributed by atoms with Crippen LogP contribution in [0.4, 0.5) is 0 Å². The molecule has 106 valence electrons. The van der Waals surface area contributed by atoms with E-state index in [0.29, 0.717) is 0 Å². The maximum atomic E-state index is 2.96. The Hall–Kier alpha value is 0.137. The average molecular weight is 269 g/mol. The van der Waals surface area contributed by atoms with E-state index in [0.717, 1.165) is 12.2 Å². The molecule has 18 heavy (non-hydrogen) atoms. The second-order valence-corrected chi connectivity index (χ2v) is 8.06. The molecule has 1 heterocycles. The van der Waals surface area contributed by atoms with Gasteiger partial charge in [-0.3, -0.25) is 4.57 Å². The standard InChI is InChI=1S/C15H32N2Si/c1-3-5-12-15-16(13-6-4-2)18-17(15)14-10-8-7-9-11-14/h14-15H,3-13,18H2,1-2H3. The van der Waals surface area contributed by atoms with Gasteiger partial charge in [-0.1, -0.05) is 52.4 Å². The highest BCUT2D eigenvalue weighted by Crippen LogP contribution is 2.31. The summed E-state index contributed by atoms with van der Waals surface area (Å²) in [4.78, 5) is 0. The van der Waals surface area contributed by atoms with Gasteiger partial charge in [0.15, 0.2) is 9.84 Å². The second kappa shape index (κ2) is 7.66. The van der Waals surface area contributed by atoms with E-state index in [9.17, 15) is 0 Å². The van der Waals surface area contributed by atoms with Crippen molar-refractivity contribution in [3.63, 3.8) is 0 Å². The highest BCUT2D eigenvalue weighted by Gasteiger charge is 2.39. The first kappa shape index (κ1) is 14.5. The van der Waals surface area contributed by atoms with Crippen molar-refractivity contribution in [2.45, 2.75) is 90.3 Å². The SMILES string of the molecule is CCCCC1N(CCCC)[SiH2]N1C1CCCCC1. The van der Waals surface area contributed by atoms with Crippen LogP contribution >= 0.6 is 0 Å². The third-order valence-electron chi connectivity index (χ3n) is 4.81. The van der Waals surface area contributed by atoms with Crippen molar-refractivity contribution in [2.75, 3.05) is 6.54 Å². The van der Waals surface area contributed by atoms with Crippen molar-refractivity contribution in [3.8, 4) is 0 Å². The molecule has 2 aliphatic rings. The number of rotatable bonds is 7. The Kier molecular flexibility index (Phi) is 6.19. The van der Waals surface area contributed by atoms with Gasteiger partial charge in [-0.25, -0.2) is 0 Å². The molecule has 1 unspecified atom stereocenters.